The molecule has 1 aliphatic rings. The summed E-state index contributed by atoms with van der Waals surface area (Å²) in [7, 11) is 0. The van der Waals surface area contributed by atoms with Crippen LogP contribution in [0.5, 0.6) is 0 Å². The Balaban J connectivity index is 2.25. The summed E-state index contributed by atoms with van der Waals surface area (Å²) in [6.07, 6.45) is 0.329. The molecule has 1 saturated heterocycles. The van der Waals surface area contributed by atoms with Gasteiger partial charge in [0.25, 0.3) is 0 Å². The van der Waals surface area contributed by atoms with E-state index < -0.39 is 24.3 Å². The Morgan fingerprint density at radius 1 is 1.25 bits per heavy atom. The monoisotopic (exact) mass is 305 g/mol. The molecule has 1 heterocycles. The van der Waals surface area contributed by atoms with Gasteiger partial charge in [0.1, 0.15) is 6.54 Å². The molecule has 0 radical (unpaired) electrons. The first-order valence-electron chi connectivity index (χ1n) is 6.01. The third-order valence-corrected chi connectivity index (χ3v) is 3.17. The van der Waals surface area contributed by atoms with Gasteiger partial charge in [-0.15, -0.1) is 11.6 Å². The molecule has 0 aromatic carbocycles. The van der Waals surface area contributed by atoms with Crippen molar-refractivity contribution in [2.45, 2.75) is 6.42 Å². The predicted molar refractivity (Wildman–Crippen MR) is 69.1 cm³/mol. The summed E-state index contributed by atoms with van der Waals surface area (Å²) in [6.45, 7) is -0.525. The lowest BCUT2D eigenvalue weighted by Crippen LogP contribution is -2.43. The first-order chi connectivity index (χ1) is 9.42. The zero-order chi connectivity index (χ0) is 15.1. The van der Waals surface area contributed by atoms with E-state index in [4.69, 9.17) is 16.7 Å². The molecule has 0 aromatic rings. The van der Waals surface area contributed by atoms with Gasteiger partial charge in [-0.3, -0.25) is 19.2 Å². The number of halogens is 1. The summed E-state index contributed by atoms with van der Waals surface area (Å²) in [5.74, 6) is -1.97. The van der Waals surface area contributed by atoms with Crippen molar-refractivity contribution in [2.75, 3.05) is 32.1 Å². The molecule has 1 atom stereocenters. The number of aliphatic carboxylic acids is 1. The lowest BCUT2D eigenvalue weighted by atomic mass is 10.1. The van der Waals surface area contributed by atoms with Gasteiger partial charge in [0.2, 0.25) is 17.7 Å². The molecule has 3 amide bonds. The highest BCUT2D eigenvalue weighted by Crippen LogP contribution is 2.18. The van der Waals surface area contributed by atoms with Crippen LogP contribution >= 0.6 is 11.6 Å². The molecule has 0 saturated carbocycles. The van der Waals surface area contributed by atoms with Gasteiger partial charge in [-0.2, -0.15) is 0 Å². The Labute approximate surface area is 120 Å². The molecule has 20 heavy (non-hydrogen) atoms. The summed E-state index contributed by atoms with van der Waals surface area (Å²) < 4.78 is 0. The Bertz CT molecular complexity index is 415. The van der Waals surface area contributed by atoms with Gasteiger partial charge in [0.15, 0.2) is 0 Å². The van der Waals surface area contributed by atoms with Crippen molar-refractivity contribution >= 4 is 35.3 Å². The second-order valence-electron chi connectivity index (χ2n) is 4.45. The highest BCUT2D eigenvalue weighted by atomic mass is 35.5. The van der Waals surface area contributed by atoms with Crippen LogP contribution in [0.4, 0.5) is 0 Å². The number of carboxylic acids is 1. The summed E-state index contributed by atoms with van der Waals surface area (Å²) in [5.41, 5.74) is 0. The van der Waals surface area contributed by atoms with Crippen LogP contribution in [0.25, 0.3) is 0 Å². The van der Waals surface area contributed by atoms with Crippen molar-refractivity contribution in [3.63, 3.8) is 0 Å². The SMILES string of the molecule is O=C(O)CNC(=O)CNC(=O)CN1CC(CCl)CC1=O. The number of nitrogens with one attached hydrogen (secondary N) is 2. The Morgan fingerprint density at radius 2 is 1.90 bits per heavy atom. The number of nitrogens with zero attached hydrogens (tertiary/aromatic N) is 1. The molecule has 0 aromatic heterocycles. The number of carboxylic acid groups (broad SMARTS) is 1. The number of carbonyl (C=O) groups excluding carboxylic acids is 3. The summed E-state index contributed by atoms with van der Waals surface area (Å²) in [4.78, 5) is 45.8. The summed E-state index contributed by atoms with van der Waals surface area (Å²) in [6, 6.07) is 0. The molecule has 0 aliphatic carbocycles. The first-order valence-corrected chi connectivity index (χ1v) is 6.54. The number of alkyl halides is 1. The minimum Gasteiger partial charge on any atom is -0.480 e. The van der Waals surface area contributed by atoms with Gasteiger partial charge in [-0.05, 0) is 5.92 Å². The molecular formula is C11H16ClN3O5. The van der Waals surface area contributed by atoms with Crippen molar-refractivity contribution in [1.29, 1.82) is 0 Å². The maximum Gasteiger partial charge on any atom is 0.322 e. The highest BCUT2D eigenvalue weighted by Gasteiger charge is 2.30. The van der Waals surface area contributed by atoms with Crippen LogP contribution in [0.3, 0.4) is 0 Å². The normalized spacial score (nSPS) is 17.9. The van der Waals surface area contributed by atoms with Gasteiger partial charge in [-0.25, -0.2) is 0 Å². The molecule has 8 nitrogen and oxygen atoms in total. The summed E-state index contributed by atoms with van der Waals surface area (Å²) >= 11 is 5.66. The molecule has 9 heteroatoms. The topological polar surface area (TPSA) is 116 Å². The van der Waals surface area contributed by atoms with Gasteiger partial charge in [0.05, 0.1) is 13.1 Å². The van der Waals surface area contributed by atoms with Crippen LogP contribution in [-0.2, 0) is 19.2 Å². The quantitative estimate of drug-likeness (QED) is 0.489. The van der Waals surface area contributed by atoms with E-state index in [-0.39, 0.29) is 24.9 Å². The molecule has 3 N–H and O–H groups in total. The van der Waals surface area contributed by atoms with E-state index in [1.54, 1.807) is 0 Å². The number of hydrogen-bond acceptors (Lipinski definition) is 4. The lowest BCUT2D eigenvalue weighted by molar-refractivity contribution is -0.138. The maximum absolute atomic E-state index is 11.5. The van der Waals surface area contributed by atoms with Crippen molar-refractivity contribution in [1.82, 2.24) is 15.5 Å². The van der Waals surface area contributed by atoms with Crippen molar-refractivity contribution < 1.29 is 24.3 Å². The molecule has 1 fully saturated rings. The smallest absolute Gasteiger partial charge is 0.322 e. The molecule has 0 bridgehead atoms. The fourth-order valence-corrected chi connectivity index (χ4v) is 1.96. The van der Waals surface area contributed by atoms with Crippen LogP contribution < -0.4 is 10.6 Å². The van der Waals surface area contributed by atoms with Gasteiger partial charge >= 0.3 is 5.97 Å². The largest absolute Gasteiger partial charge is 0.480 e. The molecular weight excluding hydrogens is 290 g/mol. The van der Waals surface area contributed by atoms with Gasteiger partial charge < -0.3 is 20.6 Å². The second-order valence-corrected chi connectivity index (χ2v) is 4.75. The molecule has 1 aliphatic heterocycles. The first kappa shape index (κ1) is 16.2. The third-order valence-electron chi connectivity index (χ3n) is 2.73. The van der Waals surface area contributed by atoms with E-state index in [2.05, 4.69) is 10.6 Å². The van der Waals surface area contributed by atoms with E-state index in [9.17, 15) is 19.2 Å². The fourth-order valence-electron chi connectivity index (χ4n) is 1.75. The van der Waals surface area contributed by atoms with Crippen LogP contribution in [0.2, 0.25) is 0 Å². The number of amides is 3. The van der Waals surface area contributed by atoms with Crippen LogP contribution in [-0.4, -0.2) is 65.8 Å². The predicted octanol–water partition coefficient (Wildman–Crippen LogP) is -1.61. The molecule has 0 spiro atoms. The van der Waals surface area contributed by atoms with Gasteiger partial charge in [0, 0.05) is 18.8 Å². The Kier molecular flexibility index (Phi) is 6.23. The average molecular weight is 306 g/mol. The van der Waals surface area contributed by atoms with E-state index in [0.717, 1.165) is 0 Å². The van der Waals surface area contributed by atoms with E-state index in [1.165, 1.54) is 4.90 Å². The number of hydrogen-bond donors (Lipinski definition) is 3. The van der Waals surface area contributed by atoms with Gasteiger partial charge in [-0.1, -0.05) is 0 Å². The highest BCUT2D eigenvalue weighted by molar-refractivity contribution is 6.18. The van der Waals surface area contributed by atoms with Crippen LogP contribution in [0.1, 0.15) is 6.42 Å². The van der Waals surface area contributed by atoms with Crippen molar-refractivity contribution in [3.05, 3.63) is 0 Å². The van der Waals surface area contributed by atoms with Crippen LogP contribution in [0.15, 0.2) is 0 Å². The average Bonchev–Trinajstić information content (AvgIpc) is 2.74. The zero-order valence-electron chi connectivity index (χ0n) is 10.7. The molecule has 1 unspecified atom stereocenters. The Hall–Kier alpha value is -1.83. The second kappa shape index (κ2) is 7.68. The lowest BCUT2D eigenvalue weighted by Gasteiger charge is -2.15. The fraction of sp³-hybridized carbons (Fsp3) is 0.636. The zero-order valence-corrected chi connectivity index (χ0v) is 11.5. The van der Waals surface area contributed by atoms with E-state index in [1.807, 2.05) is 0 Å². The standard InChI is InChI=1S/C11H16ClN3O5/c12-2-7-1-10(18)15(5-7)6-9(17)13-3-8(16)14-4-11(19)20/h7H,1-6H2,(H,13,17)(H,14,16)(H,19,20). The van der Waals surface area contributed by atoms with Crippen molar-refractivity contribution in [3.8, 4) is 0 Å². The minimum atomic E-state index is -1.17. The maximum atomic E-state index is 11.5. The Morgan fingerprint density at radius 3 is 2.45 bits per heavy atom. The third kappa shape index (κ3) is 5.43. The molecule has 1 rings (SSSR count). The minimum absolute atomic E-state index is 0.0517. The summed E-state index contributed by atoms with van der Waals surface area (Å²) in [5, 5.41) is 12.8. The molecule has 112 valence electrons. The van der Waals surface area contributed by atoms with E-state index in [0.29, 0.717) is 18.8 Å². The number of likely N-dealkylation sites (tertiary alicyclic amines) is 1. The number of rotatable bonds is 7. The van der Waals surface area contributed by atoms with Crippen LogP contribution in [0, 0.1) is 5.92 Å². The van der Waals surface area contributed by atoms with E-state index >= 15 is 0 Å². The van der Waals surface area contributed by atoms with Crippen molar-refractivity contribution in [2.24, 2.45) is 5.92 Å². The number of carbonyl (C=O) groups is 4.